The third-order valence-electron chi connectivity index (χ3n) is 2.47. The molecule has 0 aliphatic heterocycles. The van der Waals surface area contributed by atoms with Crippen LogP contribution in [0.15, 0.2) is 30.5 Å². The lowest BCUT2D eigenvalue weighted by Crippen LogP contribution is -1.97. The van der Waals surface area contributed by atoms with Crippen LogP contribution in [0, 0.1) is 19.7 Å². The van der Waals surface area contributed by atoms with Crippen LogP contribution in [0.3, 0.4) is 0 Å². The molecule has 88 valence electrons. The van der Waals surface area contributed by atoms with Gasteiger partial charge in [0.15, 0.2) is 0 Å². The number of benzene rings is 1. The first kappa shape index (κ1) is 11.4. The summed E-state index contributed by atoms with van der Waals surface area (Å²) in [4.78, 5) is 4.14. The van der Waals surface area contributed by atoms with Crippen LogP contribution < -0.4 is 11.1 Å². The van der Waals surface area contributed by atoms with E-state index in [1.54, 1.807) is 6.20 Å². The molecule has 0 radical (unpaired) electrons. The molecule has 1 aromatic heterocycles. The van der Waals surface area contributed by atoms with Crippen LogP contribution in [0.2, 0.25) is 0 Å². The molecular formula is C13H14FN3. The molecule has 0 aliphatic carbocycles. The number of hydrogen-bond acceptors (Lipinski definition) is 3. The monoisotopic (exact) mass is 231 g/mol. The fourth-order valence-electron chi connectivity index (χ4n) is 1.59. The zero-order valence-corrected chi connectivity index (χ0v) is 9.79. The van der Waals surface area contributed by atoms with Crippen LogP contribution >= 0.6 is 0 Å². The van der Waals surface area contributed by atoms with E-state index in [1.807, 2.05) is 26.0 Å². The molecule has 0 atom stereocenters. The standard InChI is InChI=1S/C13H14FN3/c1-8-3-10(14)6-11(4-8)17-13-5-9(2)12(15)7-16-13/h3-7H,15H2,1-2H3,(H,16,17). The molecule has 0 unspecified atom stereocenters. The van der Waals surface area contributed by atoms with Gasteiger partial charge in [0.05, 0.1) is 11.9 Å². The van der Waals surface area contributed by atoms with Gasteiger partial charge in [0.25, 0.3) is 0 Å². The highest BCUT2D eigenvalue weighted by atomic mass is 19.1. The largest absolute Gasteiger partial charge is 0.397 e. The summed E-state index contributed by atoms with van der Waals surface area (Å²) in [7, 11) is 0. The van der Waals surface area contributed by atoms with Gasteiger partial charge >= 0.3 is 0 Å². The van der Waals surface area contributed by atoms with E-state index < -0.39 is 0 Å². The Labute approximate surface area is 99.5 Å². The van der Waals surface area contributed by atoms with E-state index in [1.165, 1.54) is 12.1 Å². The highest BCUT2D eigenvalue weighted by Gasteiger charge is 2.01. The van der Waals surface area contributed by atoms with Gasteiger partial charge in [-0.3, -0.25) is 0 Å². The van der Waals surface area contributed by atoms with E-state index in [2.05, 4.69) is 10.3 Å². The average molecular weight is 231 g/mol. The number of nitrogens with two attached hydrogens (primary N) is 1. The highest BCUT2D eigenvalue weighted by Crippen LogP contribution is 2.20. The van der Waals surface area contributed by atoms with Crippen molar-refractivity contribution in [3.8, 4) is 0 Å². The molecule has 2 aromatic rings. The molecule has 0 amide bonds. The van der Waals surface area contributed by atoms with Crippen molar-refractivity contribution in [2.45, 2.75) is 13.8 Å². The number of nitrogen functional groups attached to an aromatic ring is 1. The Balaban J connectivity index is 2.28. The number of nitrogens with one attached hydrogen (secondary N) is 1. The van der Waals surface area contributed by atoms with E-state index in [9.17, 15) is 4.39 Å². The maximum absolute atomic E-state index is 13.2. The Morgan fingerprint density at radius 3 is 2.59 bits per heavy atom. The zero-order valence-electron chi connectivity index (χ0n) is 9.79. The van der Waals surface area contributed by atoms with Crippen molar-refractivity contribution in [3.63, 3.8) is 0 Å². The van der Waals surface area contributed by atoms with Crippen molar-refractivity contribution in [2.75, 3.05) is 11.1 Å². The normalized spacial score (nSPS) is 10.3. The van der Waals surface area contributed by atoms with Crippen LogP contribution in [0.1, 0.15) is 11.1 Å². The van der Waals surface area contributed by atoms with Gasteiger partial charge in [0.1, 0.15) is 11.6 Å². The summed E-state index contributed by atoms with van der Waals surface area (Å²) in [6, 6.07) is 6.60. The summed E-state index contributed by atoms with van der Waals surface area (Å²) in [6.45, 7) is 3.74. The molecule has 3 N–H and O–H groups in total. The maximum Gasteiger partial charge on any atom is 0.130 e. The minimum atomic E-state index is -0.264. The minimum absolute atomic E-state index is 0.264. The van der Waals surface area contributed by atoms with Gasteiger partial charge in [0, 0.05) is 5.69 Å². The summed E-state index contributed by atoms with van der Waals surface area (Å²) in [5.41, 5.74) is 8.81. The van der Waals surface area contributed by atoms with Crippen LogP contribution in [0.4, 0.5) is 21.6 Å². The van der Waals surface area contributed by atoms with E-state index >= 15 is 0 Å². The average Bonchev–Trinajstić information content (AvgIpc) is 2.22. The second-order valence-corrected chi connectivity index (χ2v) is 4.07. The van der Waals surface area contributed by atoms with Crippen molar-refractivity contribution in [1.82, 2.24) is 4.98 Å². The Kier molecular flexibility index (Phi) is 2.95. The first-order valence-electron chi connectivity index (χ1n) is 5.31. The van der Waals surface area contributed by atoms with Crippen molar-refractivity contribution in [2.24, 2.45) is 0 Å². The lowest BCUT2D eigenvalue weighted by Gasteiger charge is -2.08. The molecule has 2 rings (SSSR count). The fourth-order valence-corrected chi connectivity index (χ4v) is 1.59. The van der Waals surface area contributed by atoms with Crippen molar-refractivity contribution < 1.29 is 4.39 Å². The van der Waals surface area contributed by atoms with Crippen LogP contribution in [0.25, 0.3) is 0 Å². The highest BCUT2D eigenvalue weighted by molar-refractivity contribution is 5.60. The van der Waals surface area contributed by atoms with E-state index in [4.69, 9.17) is 5.73 Å². The van der Waals surface area contributed by atoms with E-state index in [-0.39, 0.29) is 5.82 Å². The van der Waals surface area contributed by atoms with Crippen molar-refractivity contribution in [1.29, 1.82) is 0 Å². The molecule has 0 bridgehead atoms. The summed E-state index contributed by atoms with van der Waals surface area (Å²) in [5, 5.41) is 3.05. The maximum atomic E-state index is 13.2. The smallest absolute Gasteiger partial charge is 0.130 e. The minimum Gasteiger partial charge on any atom is -0.397 e. The number of pyridine rings is 1. The fraction of sp³-hybridized carbons (Fsp3) is 0.154. The molecule has 0 fully saturated rings. The molecule has 4 heteroatoms. The predicted octanol–water partition coefficient (Wildman–Crippen LogP) is 3.16. The third kappa shape index (κ3) is 2.72. The van der Waals surface area contributed by atoms with E-state index in [0.29, 0.717) is 17.2 Å². The number of halogens is 1. The molecule has 0 spiro atoms. The molecular weight excluding hydrogens is 217 g/mol. The van der Waals surface area contributed by atoms with Gasteiger partial charge in [-0.15, -0.1) is 0 Å². The zero-order chi connectivity index (χ0) is 12.4. The number of hydrogen-bond donors (Lipinski definition) is 2. The molecule has 3 nitrogen and oxygen atoms in total. The second-order valence-electron chi connectivity index (χ2n) is 4.07. The molecule has 0 saturated carbocycles. The number of rotatable bonds is 2. The van der Waals surface area contributed by atoms with Gasteiger partial charge in [-0.25, -0.2) is 9.37 Å². The lowest BCUT2D eigenvalue weighted by atomic mass is 10.2. The quantitative estimate of drug-likeness (QED) is 0.834. The lowest BCUT2D eigenvalue weighted by molar-refractivity contribution is 0.627. The summed E-state index contributed by atoms with van der Waals surface area (Å²) >= 11 is 0. The van der Waals surface area contributed by atoms with E-state index in [0.717, 1.165) is 11.1 Å². The SMILES string of the molecule is Cc1cc(F)cc(Nc2cc(C)c(N)cn2)c1. The Morgan fingerprint density at radius 2 is 1.94 bits per heavy atom. The first-order chi connectivity index (χ1) is 8.04. The molecule has 0 aliphatic rings. The topological polar surface area (TPSA) is 50.9 Å². The summed E-state index contributed by atoms with van der Waals surface area (Å²) in [5.74, 6) is 0.390. The van der Waals surface area contributed by atoms with Crippen LogP contribution in [0.5, 0.6) is 0 Å². The second kappa shape index (κ2) is 4.41. The molecule has 0 saturated heterocycles. The van der Waals surface area contributed by atoms with Gasteiger partial charge in [-0.05, 0) is 49.2 Å². The summed E-state index contributed by atoms with van der Waals surface area (Å²) in [6.07, 6.45) is 1.59. The third-order valence-corrected chi connectivity index (χ3v) is 2.47. The molecule has 17 heavy (non-hydrogen) atoms. The number of aryl methyl sites for hydroxylation is 2. The first-order valence-corrected chi connectivity index (χ1v) is 5.31. The van der Waals surface area contributed by atoms with Gasteiger partial charge in [0.2, 0.25) is 0 Å². The Hall–Kier alpha value is -2.10. The molecule has 1 heterocycles. The van der Waals surface area contributed by atoms with Gasteiger partial charge < -0.3 is 11.1 Å². The number of aromatic nitrogens is 1. The van der Waals surface area contributed by atoms with Gasteiger partial charge in [-0.2, -0.15) is 0 Å². The Morgan fingerprint density at radius 1 is 1.18 bits per heavy atom. The Bertz CT molecular complexity index is 532. The molecule has 1 aromatic carbocycles. The van der Waals surface area contributed by atoms with Gasteiger partial charge in [-0.1, -0.05) is 0 Å². The predicted molar refractivity (Wildman–Crippen MR) is 67.8 cm³/mol. The van der Waals surface area contributed by atoms with Crippen LogP contribution in [-0.4, -0.2) is 4.98 Å². The van der Waals surface area contributed by atoms with Crippen LogP contribution in [-0.2, 0) is 0 Å². The number of anilines is 3. The number of nitrogens with zero attached hydrogens (tertiary/aromatic N) is 1. The van der Waals surface area contributed by atoms with Crippen molar-refractivity contribution >= 4 is 17.2 Å². The summed E-state index contributed by atoms with van der Waals surface area (Å²) < 4.78 is 13.2. The van der Waals surface area contributed by atoms with Crippen molar-refractivity contribution in [3.05, 3.63) is 47.4 Å².